The van der Waals surface area contributed by atoms with E-state index in [4.69, 9.17) is 0 Å². The molecule has 1 aliphatic heterocycles. The van der Waals surface area contributed by atoms with E-state index < -0.39 is 0 Å². The van der Waals surface area contributed by atoms with Crippen LogP contribution in [0.2, 0.25) is 0 Å². The Labute approximate surface area is 138 Å². The van der Waals surface area contributed by atoms with Crippen molar-refractivity contribution < 1.29 is 4.79 Å². The maximum atomic E-state index is 12.0. The first kappa shape index (κ1) is 17.4. The Kier molecular flexibility index (Phi) is 7.33. The van der Waals surface area contributed by atoms with Gasteiger partial charge in [-0.1, -0.05) is 26.2 Å². The molecule has 1 fully saturated rings. The lowest BCUT2D eigenvalue weighted by Gasteiger charge is -2.24. The maximum Gasteiger partial charge on any atom is 0.221 e. The second-order valence-electron chi connectivity index (χ2n) is 6.11. The van der Waals surface area contributed by atoms with Crippen LogP contribution in [0.4, 0.5) is 0 Å². The number of hydrogen-bond acceptors (Lipinski definition) is 4. The van der Waals surface area contributed by atoms with Gasteiger partial charge >= 0.3 is 0 Å². The Morgan fingerprint density at radius 3 is 2.55 bits per heavy atom. The van der Waals surface area contributed by atoms with E-state index in [9.17, 15) is 4.79 Å². The summed E-state index contributed by atoms with van der Waals surface area (Å²) in [6.45, 7) is 7.97. The van der Waals surface area contributed by atoms with Crippen LogP contribution in [0.5, 0.6) is 0 Å². The second-order valence-corrected chi connectivity index (χ2v) is 7.27. The smallest absolute Gasteiger partial charge is 0.221 e. The number of carbonyl (C=O) groups excluding carboxylic acids is 1. The van der Waals surface area contributed by atoms with Crippen molar-refractivity contribution in [3.05, 3.63) is 15.6 Å². The third kappa shape index (κ3) is 5.69. The van der Waals surface area contributed by atoms with Gasteiger partial charge < -0.3 is 10.2 Å². The highest BCUT2D eigenvalue weighted by molar-refractivity contribution is 7.11. The molecule has 2 heterocycles. The fraction of sp³-hybridized carbons (Fsp3) is 0.765. The van der Waals surface area contributed by atoms with Crippen LogP contribution in [0.1, 0.15) is 61.0 Å². The molecule has 0 spiro atoms. The minimum atomic E-state index is 0.160. The van der Waals surface area contributed by atoms with Crippen molar-refractivity contribution in [3.63, 3.8) is 0 Å². The van der Waals surface area contributed by atoms with Crippen LogP contribution in [0.15, 0.2) is 0 Å². The molecule has 0 aromatic carbocycles. The summed E-state index contributed by atoms with van der Waals surface area (Å²) in [6.07, 6.45) is 8.19. The van der Waals surface area contributed by atoms with Crippen LogP contribution >= 0.6 is 11.3 Å². The highest BCUT2D eigenvalue weighted by Crippen LogP contribution is 2.18. The van der Waals surface area contributed by atoms with E-state index in [0.717, 1.165) is 36.8 Å². The summed E-state index contributed by atoms with van der Waals surface area (Å²) >= 11 is 1.72. The largest absolute Gasteiger partial charge is 0.351 e. The second kappa shape index (κ2) is 9.26. The predicted octanol–water partition coefficient (Wildman–Crippen LogP) is 3.29. The van der Waals surface area contributed by atoms with Gasteiger partial charge in [-0.15, -0.1) is 11.3 Å². The van der Waals surface area contributed by atoms with Crippen LogP contribution in [0, 0.1) is 6.92 Å². The molecule has 2 rings (SSSR count). The maximum absolute atomic E-state index is 12.0. The van der Waals surface area contributed by atoms with Crippen molar-refractivity contribution in [1.82, 2.24) is 15.2 Å². The zero-order valence-electron chi connectivity index (χ0n) is 14.0. The fourth-order valence-corrected chi connectivity index (χ4v) is 3.82. The fourth-order valence-electron chi connectivity index (χ4n) is 2.87. The molecule has 1 N–H and O–H groups in total. The number of thiazole rings is 1. The van der Waals surface area contributed by atoms with E-state index in [-0.39, 0.29) is 5.91 Å². The highest BCUT2D eigenvalue weighted by Gasteiger charge is 2.11. The minimum Gasteiger partial charge on any atom is -0.351 e. The lowest BCUT2D eigenvalue weighted by molar-refractivity contribution is -0.121. The van der Waals surface area contributed by atoms with E-state index in [1.165, 1.54) is 37.0 Å². The Morgan fingerprint density at radius 1 is 1.23 bits per heavy atom. The molecular formula is C17H29N3OS. The molecule has 124 valence electrons. The third-order valence-electron chi connectivity index (χ3n) is 4.29. The van der Waals surface area contributed by atoms with Crippen molar-refractivity contribution in [3.8, 4) is 0 Å². The molecule has 4 nitrogen and oxygen atoms in total. The molecule has 1 amide bonds. The zero-order chi connectivity index (χ0) is 15.8. The number of aryl methyl sites for hydroxylation is 2. The van der Waals surface area contributed by atoms with E-state index in [1.54, 1.807) is 11.3 Å². The van der Waals surface area contributed by atoms with Crippen LogP contribution in [0.25, 0.3) is 0 Å². The SMILES string of the molecule is CCc1nc(C)c(CNC(=O)CCN2CCCCCCC2)s1. The molecular weight excluding hydrogens is 294 g/mol. The van der Waals surface area contributed by atoms with Gasteiger partial charge in [0.05, 0.1) is 17.2 Å². The standard InChI is InChI=1S/C17H29N3OS/c1-3-17-19-14(2)15(22-17)13-18-16(21)9-12-20-10-7-5-4-6-8-11-20/h3-13H2,1-2H3,(H,18,21). The normalized spacial score (nSPS) is 17.0. The van der Waals surface area contributed by atoms with Gasteiger partial charge in [0.15, 0.2) is 0 Å². The summed E-state index contributed by atoms with van der Waals surface area (Å²) in [7, 11) is 0. The average molecular weight is 324 g/mol. The predicted molar refractivity (Wildman–Crippen MR) is 92.2 cm³/mol. The van der Waals surface area contributed by atoms with Gasteiger partial charge in [0.2, 0.25) is 5.91 Å². The summed E-state index contributed by atoms with van der Waals surface area (Å²) < 4.78 is 0. The van der Waals surface area contributed by atoms with Gasteiger partial charge in [0, 0.05) is 17.8 Å². The molecule has 1 aliphatic rings. The van der Waals surface area contributed by atoms with Gasteiger partial charge in [0.25, 0.3) is 0 Å². The van der Waals surface area contributed by atoms with Crippen molar-refractivity contribution in [2.24, 2.45) is 0 Å². The van der Waals surface area contributed by atoms with E-state index in [2.05, 4.69) is 22.1 Å². The summed E-state index contributed by atoms with van der Waals surface area (Å²) in [4.78, 5) is 20.2. The molecule has 1 aromatic heterocycles. The summed E-state index contributed by atoms with van der Waals surface area (Å²) in [5, 5.41) is 4.20. The van der Waals surface area contributed by atoms with Crippen LogP contribution < -0.4 is 5.32 Å². The number of likely N-dealkylation sites (tertiary alicyclic amines) is 1. The van der Waals surface area contributed by atoms with Gasteiger partial charge in [-0.2, -0.15) is 0 Å². The first-order valence-corrected chi connectivity index (χ1v) is 9.45. The monoisotopic (exact) mass is 323 g/mol. The number of nitrogens with zero attached hydrogens (tertiary/aromatic N) is 2. The van der Waals surface area contributed by atoms with Gasteiger partial charge in [0.1, 0.15) is 0 Å². The van der Waals surface area contributed by atoms with Gasteiger partial charge in [-0.3, -0.25) is 4.79 Å². The minimum absolute atomic E-state index is 0.160. The number of carbonyl (C=O) groups is 1. The lowest BCUT2D eigenvalue weighted by atomic mass is 10.1. The lowest BCUT2D eigenvalue weighted by Crippen LogP contribution is -2.32. The Hall–Kier alpha value is -0.940. The molecule has 22 heavy (non-hydrogen) atoms. The van der Waals surface area contributed by atoms with Gasteiger partial charge in [-0.25, -0.2) is 4.98 Å². The number of hydrogen-bond donors (Lipinski definition) is 1. The van der Waals surface area contributed by atoms with Crippen LogP contribution in [0.3, 0.4) is 0 Å². The molecule has 0 bridgehead atoms. The molecule has 1 aromatic rings. The summed E-state index contributed by atoms with van der Waals surface area (Å²) in [6, 6.07) is 0. The van der Waals surface area contributed by atoms with Crippen molar-refractivity contribution in [2.75, 3.05) is 19.6 Å². The Balaban J connectivity index is 1.69. The summed E-state index contributed by atoms with van der Waals surface area (Å²) in [5.41, 5.74) is 1.06. The molecule has 5 heteroatoms. The number of rotatable bonds is 6. The highest BCUT2D eigenvalue weighted by atomic mass is 32.1. The van der Waals surface area contributed by atoms with Crippen molar-refractivity contribution in [2.45, 2.75) is 65.3 Å². The number of nitrogens with one attached hydrogen (secondary N) is 1. The van der Waals surface area contributed by atoms with E-state index in [1.807, 2.05) is 6.92 Å². The van der Waals surface area contributed by atoms with Crippen molar-refractivity contribution in [1.29, 1.82) is 0 Å². The van der Waals surface area contributed by atoms with Gasteiger partial charge in [-0.05, 0) is 39.3 Å². The number of amides is 1. The van der Waals surface area contributed by atoms with E-state index in [0.29, 0.717) is 13.0 Å². The molecule has 0 radical (unpaired) electrons. The Bertz CT molecular complexity index is 464. The van der Waals surface area contributed by atoms with Crippen LogP contribution in [-0.4, -0.2) is 35.4 Å². The molecule has 0 aliphatic carbocycles. The molecule has 1 saturated heterocycles. The number of aromatic nitrogens is 1. The Morgan fingerprint density at radius 2 is 1.91 bits per heavy atom. The first-order chi connectivity index (χ1) is 10.7. The zero-order valence-corrected chi connectivity index (χ0v) is 14.8. The first-order valence-electron chi connectivity index (χ1n) is 8.63. The quantitative estimate of drug-likeness (QED) is 0.874. The molecule has 0 saturated carbocycles. The van der Waals surface area contributed by atoms with Crippen molar-refractivity contribution >= 4 is 17.2 Å². The van der Waals surface area contributed by atoms with E-state index >= 15 is 0 Å². The van der Waals surface area contributed by atoms with Crippen LogP contribution in [-0.2, 0) is 17.8 Å². The summed E-state index contributed by atoms with van der Waals surface area (Å²) in [5.74, 6) is 0.160. The average Bonchev–Trinajstić information content (AvgIpc) is 2.84. The topological polar surface area (TPSA) is 45.2 Å². The molecule has 0 atom stereocenters. The molecule has 0 unspecified atom stereocenters. The third-order valence-corrected chi connectivity index (χ3v) is 5.59.